The average molecular weight is 308 g/mol. The van der Waals surface area contributed by atoms with Gasteiger partial charge in [-0.2, -0.15) is 0 Å². The van der Waals surface area contributed by atoms with Crippen molar-refractivity contribution >= 4 is 11.9 Å². The normalized spacial score (nSPS) is 25.3. The van der Waals surface area contributed by atoms with E-state index in [1.54, 1.807) is 6.07 Å². The summed E-state index contributed by atoms with van der Waals surface area (Å²) >= 11 is 0. The second kappa shape index (κ2) is 6.04. The summed E-state index contributed by atoms with van der Waals surface area (Å²) in [6.45, 7) is 1.82. The van der Waals surface area contributed by atoms with Gasteiger partial charge >= 0.3 is 5.97 Å². The van der Waals surface area contributed by atoms with E-state index in [9.17, 15) is 19.1 Å². The summed E-state index contributed by atoms with van der Waals surface area (Å²) in [7, 11) is 3.78. The van der Waals surface area contributed by atoms with E-state index in [0.717, 1.165) is 0 Å². The van der Waals surface area contributed by atoms with Gasteiger partial charge in [-0.25, -0.2) is 9.18 Å². The highest BCUT2D eigenvalue weighted by Gasteiger charge is 2.47. The molecule has 1 saturated heterocycles. The van der Waals surface area contributed by atoms with Crippen LogP contribution in [0.3, 0.4) is 0 Å². The first kappa shape index (κ1) is 16.4. The van der Waals surface area contributed by atoms with Gasteiger partial charge in [0.25, 0.3) is 5.91 Å². The Morgan fingerprint density at radius 2 is 2.00 bits per heavy atom. The highest BCUT2D eigenvalue weighted by Crippen LogP contribution is 2.32. The summed E-state index contributed by atoms with van der Waals surface area (Å²) < 4.78 is 13.8. The number of rotatable bonds is 3. The van der Waals surface area contributed by atoms with E-state index in [-0.39, 0.29) is 11.6 Å². The Hall–Kier alpha value is -1.95. The summed E-state index contributed by atoms with van der Waals surface area (Å²) in [5, 5.41) is 9.63. The zero-order valence-electron chi connectivity index (χ0n) is 13.0. The third-order valence-corrected chi connectivity index (χ3v) is 4.46. The Kier molecular flexibility index (Phi) is 4.51. The largest absolute Gasteiger partial charge is 0.480 e. The molecule has 1 aliphatic heterocycles. The van der Waals surface area contributed by atoms with Gasteiger partial charge in [0.1, 0.15) is 11.4 Å². The topological polar surface area (TPSA) is 60.9 Å². The van der Waals surface area contributed by atoms with E-state index in [1.165, 1.54) is 30.0 Å². The van der Waals surface area contributed by atoms with Crippen molar-refractivity contribution in [3.05, 3.63) is 35.6 Å². The molecule has 1 aliphatic rings. The lowest BCUT2D eigenvalue weighted by Gasteiger charge is -2.46. The molecule has 5 nitrogen and oxygen atoms in total. The molecule has 1 amide bonds. The lowest BCUT2D eigenvalue weighted by molar-refractivity contribution is -0.152. The van der Waals surface area contributed by atoms with Crippen molar-refractivity contribution < 1.29 is 19.1 Å². The zero-order chi connectivity index (χ0) is 16.5. The summed E-state index contributed by atoms with van der Waals surface area (Å²) in [6.07, 6.45) is 0.978. The fraction of sp³-hybridized carbons (Fsp3) is 0.500. The van der Waals surface area contributed by atoms with Gasteiger partial charge < -0.3 is 14.9 Å². The van der Waals surface area contributed by atoms with Crippen LogP contribution >= 0.6 is 0 Å². The molecule has 2 unspecified atom stereocenters. The van der Waals surface area contributed by atoms with Crippen LogP contribution in [0, 0.1) is 5.82 Å². The molecule has 1 N–H and O–H groups in total. The highest BCUT2D eigenvalue weighted by molar-refractivity contribution is 5.98. The average Bonchev–Trinajstić information content (AvgIpc) is 2.46. The predicted octanol–water partition coefficient (Wildman–Crippen LogP) is 1.84. The number of piperidine rings is 1. The van der Waals surface area contributed by atoms with Gasteiger partial charge in [-0.05, 0) is 46.0 Å². The minimum atomic E-state index is -1.34. The summed E-state index contributed by atoms with van der Waals surface area (Å²) in [5.41, 5.74) is -1.43. The number of carboxylic acids is 1. The molecule has 2 atom stereocenters. The fourth-order valence-corrected chi connectivity index (χ4v) is 2.95. The Bertz CT molecular complexity index is 591. The van der Waals surface area contributed by atoms with Crippen molar-refractivity contribution in [2.75, 3.05) is 20.6 Å². The molecule has 2 rings (SSSR count). The lowest BCUT2D eigenvalue weighted by Crippen LogP contribution is -2.62. The molecule has 1 heterocycles. The summed E-state index contributed by atoms with van der Waals surface area (Å²) in [6, 6.07) is 5.74. The number of hydrogen-bond acceptors (Lipinski definition) is 3. The van der Waals surface area contributed by atoms with Crippen LogP contribution < -0.4 is 0 Å². The second-order valence-corrected chi connectivity index (χ2v) is 6.13. The van der Waals surface area contributed by atoms with Crippen molar-refractivity contribution in [3.63, 3.8) is 0 Å². The fourth-order valence-electron chi connectivity index (χ4n) is 2.95. The molecule has 0 aliphatic carbocycles. The number of carbonyl (C=O) groups excluding carboxylic acids is 1. The highest BCUT2D eigenvalue weighted by atomic mass is 19.1. The van der Waals surface area contributed by atoms with Gasteiger partial charge in [0, 0.05) is 12.6 Å². The molecule has 1 aromatic carbocycles. The van der Waals surface area contributed by atoms with Gasteiger partial charge in [-0.15, -0.1) is 0 Å². The molecule has 0 saturated carbocycles. The van der Waals surface area contributed by atoms with Crippen molar-refractivity contribution in [2.24, 2.45) is 0 Å². The first-order valence-electron chi connectivity index (χ1n) is 7.23. The molecule has 6 heteroatoms. The summed E-state index contributed by atoms with van der Waals surface area (Å²) in [4.78, 5) is 27.6. The maximum absolute atomic E-state index is 13.8. The van der Waals surface area contributed by atoms with Crippen LogP contribution in [0.15, 0.2) is 24.3 Å². The molecular weight excluding hydrogens is 287 g/mol. The van der Waals surface area contributed by atoms with E-state index in [1.807, 2.05) is 19.0 Å². The Morgan fingerprint density at radius 1 is 1.36 bits per heavy atom. The first-order valence-corrected chi connectivity index (χ1v) is 7.23. The third-order valence-electron chi connectivity index (χ3n) is 4.46. The van der Waals surface area contributed by atoms with Crippen LogP contribution in [0.4, 0.5) is 4.39 Å². The van der Waals surface area contributed by atoms with E-state index in [0.29, 0.717) is 19.4 Å². The molecule has 0 radical (unpaired) electrons. The van der Waals surface area contributed by atoms with E-state index in [4.69, 9.17) is 0 Å². The number of likely N-dealkylation sites (tertiary alicyclic amines) is 1. The zero-order valence-corrected chi connectivity index (χ0v) is 13.0. The number of benzene rings is 1. The van der Waals surface area contributed by atoms with Gasteiger partial charge in [-0.1, -0.05) is 12.1 Å². The minimum Gasteiger partial charge on any atom is -0.480 e. The Labute approximate surface area is 129 Å². The number of nitrogens with zero attached hydrogens (tertiary/aromatic N) is 2. The van der Waals surface area contributed by atoms with E-state index in [2.05, 4.69) is 0 Å². The molecule has 0 bridgehead atoms. The van der Waals surface area contributed by atoms with Gasteiger partial charge in [0.05, 0.1) is 5.56 Å². The summed E-state index contributed by atoms with van der Waals surface area (Å²) in [5.74, 6) is -2.26. The van der Waals surface area contributed by atoms with Crippen molar-refractivity contribution in [3.8, 4) is 0 Å². The quantitative estimate of drug-likeness (QED) is 0.925. The van der Waals surface area contributed by atoms with Crippen LogP contribution in [0.1, 0.15) is 30.1 Å². The molecule has 1 aromatic rings. The number of carboxylic acid groups (broad SMARTS) is 1. The SMILES string of the molecule is CN(C)C1CCN(C(=O)c2ccccc2F)C(C)(C(=O)O)C1. The maximum Gasteiger partial charge on any atom is 0.329 e. The number of halogens is 1. The molecule has 120 valence electrons. The Balaban J connectivity index is 2.35. The minimum absolute atomic E-state index is 0.0748. The van der Waals surface area contributed by atoms with Crippen LogP contribution in [-0.4, -0.2) is 59.0 Å². The number of aliphatic carboxylic acids is 1. The van der Waals surface area contributed by atoms with Crippen LogP contribution in [0.2, 0.25) is 0 Å². The number of carbonyl (C=O) groups is 2. The van der Waals surface area contributed by atoms with Crippen LogP contribution in [0.5, 0.6) is 0 Å². The monoisotopic (exact) mass is 308 g/mol. The number of amides is 1. The van der Waals surface area contributed by atoms with Crippen LogP contribution in [0.25, 0.3) is 0 Å². The van der Waals surface area contributed by atoms with E-state index < -0.39 is 23.2 Å². The number of hydrogen-bond donors (Lipinski definition) is 1. The molecule has 0 aromatic heterocycles. The Morgan fingerprint density at radius 3 is 2.55 bits per heavy atom. The molecular formula is C16H21FN2O3. The van der Waals surface area contributed by atoms with Gasteiger partial charge in [0.2, 0.25) is 0 Å². The van der Waals surface area contributed by atoms with Crippen molar-refractivity contribution in [1.82, 2.24) is 9.80 Å². The van der Waals surface area contributed by atoms with Crippen LogP contribution in [-0.2, 0) is 4.79 Å². The van der Waals surface area contributed by atoms with Gasteiger partial charge in [0.15, 0.2) is 0 Å². The van der Waals surface area contributed by atoms with Crippen molar-refractivity contribution in [1.29, 1.82) is 0 Å². The standard InChI is InChI=1S/C16H21FN2O3/c1-16(15(21)22)10-11(18(2)3)8-9-19(16)14(20)12-6-4-5-7-13(12)17/h4-7,11H,8-10H2,1-3H3,(H,21,22). The van der Waals surface area contributed by atoms with Gasteiger partial charge in [-0.3, -0.25) is 4.79 Å². The maximum atomic E-state index is 13.8. The second-order valence-electron chi connectivity index (χ2n) is 6.13. The third kappa shape index (κ3) is 2.83. The predicted molar refractivity (Wildman–Crippen MR) is 80.2 cm³/mol. The molecule has 1 fully saturated rings. The van der Waals surface area contributed by atoms with Crippen molar-refractivity contribution in [2.45, 2.75) is 31.3 Å². The first-order chi connectivity index (χ1) is 10.3. The molecule has 22 heavy (non-hydrogen) atoms. The smallest absolute Gasteiger partial charge is 0.329 e. The van der Waals surface area contributed by atoms with E-state index >= 15 is 0 Å². The lowest BCUT2D eigenvalue weighted by atomic mass is 9.84. The molecule has 0 spiro atoms.